The molecule has 1 fully saturated rings. The fourth-order valence-corrected chi connectivity index (χ4v) is 3.63. The molecule has 0 aromatic heterocycles. The first-order valence-electron chi connectivity index (χ1n) is 9.78. The summed E-state index contributed by atoms with van der Waals surface area (Å²) >= 11 is 6.68. The number of carbonyl (C=O) groups is 3. The van der Waals surface area contributed by atoms with E-state index in [9.17, 15) is 14.4 Å². The van der Waals surface area contributed by atoms with Gasteiger partial charge in [0.1, 0.15) is 18.9 Å². The number of hydrogen-bond acceptors (Lipinski definition) is 6. The smallest absolute Gasteiger partial charge is 0.326 e. The van der Waals surface area contributed by atoms with Crippen LogP contribution in [0.15, 0.2) is 53.4 Å². The molecule has 0 unspecified atom stereocenters. The quantitative estimate of drug-likeness (QED) is 0.394. The van der Waals surface area contributed by atoms with Gasteiger partial charge in [0.05, 0.1) is 11.0 Å². The monoisotopic (exact) mass is 459 g/mol. The molecule has 0 bridgehead atoms. The average Bonchev–Trinajstić information content (AvgIpc) is 3.01. The molecule has 162 valence electrons. The van der Waals surface area contributed by atoms with Crippen LogP contribution < -0.4 is 4.74 Å². The zero-order chi connectivity index (χ0) is 22.4. The number of ether oxygens (including phenoxy) is 2. The van der Waals surface area contributed by atoms with Crippen LogP contribution in [-0.2, 0) is 20.9 Å². The molecule has 0 N–H and O–H groups in total. The fraction of sp³-hybridized carbons (Fsp3) is 0.261. The van der Waals surface area contributed by atoms with Gasteiger partial charge in [0, 0.05) is 5.02 Å². The Morgan fingerprint density at radius 1 is 1.13 bits per heavy atom. The van der Waals surface area contributed by atoms with E-state index in [4.69, 9.17) is 21.1 Å². The molecular weight excluding hydrogens is 438 g/mol. The van der Waals surface area contributed by atoms with Crippen LogP contribution in [0.1, 0.15) is 31.4 Å². The number of halogens is 1. The van der Waals surface area contributed by atoms with E-state index in [0.29, 0.717) is 23.8 Å². The molecule has 31 heavy (non-hydrogen) atoms. The Morgan fingerprint density at radius 2 is 1.81 bits per heavy atom. The molecule has 0 saturated carbocycles. The van der Waals surface area contributed by atoms with Gasteiger partial charge in [0.25, 0.3) is 11.1 Å². The maximum Gasteiger partial charge on any atom is 0.326 e. The van der Waals surface area contributed by atoms with Crippen LogP contribution in [0.4, 0.5) is 4.79 Å². The Hall–Kier alpha value is -2.77. The molecule has 1 aliphatic heterocycles. The van der Waals surface area contributed by atoms with Gasteiger partial charge in [-0.1, -0.05) is 42.8 Å². The summed E-state index contributed by atoms with van der Waals surface area (Å²) in [7, 11) is 0. The predicted molar refractivity (Wildman–Crippen MR) is 121 cm³/mol. The minimum atomic E-state index is -0.597. The number of rotatable bonds is 8. The van der Waals surface area contributed by atoms with Gasteiger partial charge in [-0.3, -0.25) is 19.3 Å². The lowest BCUT2D eigenvalue weighted by atomic mass is 10.2. The van der Waals surface area contributed by atoms with E-state index in [1.807, 2.05) is 19.1 Å². The minimum Gasteiger partial charge on any atom is -0.489 e. The molecule has 8 heteroatoms. The Kier molecular flexibility index (Phi) is 7.76. The number of nitrogens with zero attached hydrogens (tertiary/aromatic N) is 1. The van der Waals surface area contributed by atoms with Crippen LogP contribution in [0.2, 0.25) is 5.02 Å². The van der Waals surface area contributed by atoms with Gasteiger partial charge < -0.3 is 9.47 Å². The maximum atomic E-state index is 12.5. The van der Waals surface area contributed by atoms with Crippen LogP contribution >= 0.6 is 23.4 Å². The number of esters is 1. The maximum absolute atomic E-state index is 12.5. The second-order valence-corrected chi connectivity index (χ2v) is 8.39. The van der Waals surface area contributed by atoms with Crippen molar-refractivity contribution in [2.24, 2.45) is 0 Å². The summed E-state index contributed by atoms with van der Waals surface area (Å²) in [6.45, 7) is 3.66. The molecule has 0 aliphatic carbocycles. The summed E-state index contributed by atoms with van der Waals surface area (Å²) in [6, 6.07) is 14.6. The van der Waals surface area contributed by atoms with E-state index >= 15 is 0 Å². The van der Waals surface area contributed by atoms with Crippen molar-refractivity contribution in [3.8, 4) is 5.75 Å². The van der Waals surface area contributed by atoms with Gasteiger partial charge in [-0.25, -0.2) is 0 Å². The number of carbonyl (C=O) groups excluding carboxylic acids is 3. The first kappa shape index (κ1) is 22.9. The molecule has 3 rings (SSSR count). The van der Waals surface area contributed by atoms with Crippen LogP contribution in [0.3, 0.4) is 0 Å². The molecule has 2 aromatic rings. The van der Waals surface area contributed by atoms with Crippen molar-refractivity contribution in [3.05, 3.63) is 69.6 Å². The number of amides is 2. The Morgan fingerprint density at radius 3 is 2.45 bits per heavy atom. The molecular formula is C23H22ClNO5S. The number of imide groups is 1. The second-order valence-electron chi connectivity index (χ2n) is 6.96. The molecule has 0 radical (unpaired) electrons. The molecule has 2 amide bonds. The van der Waals surface area contributed by atoms with Crippen molar-refractivity contribution in [3.63, 3.8) is 0 Å². The van der Waals surface area contributed by atoms with E-state index in [0.717, 1.165) is 27.8 Å². The third-order valence-electron chi connectivity index (χ3n) is 4.56. The van der Waals surface area contributed by atoms with Gasteiger partial charge in [0.15, 0.2) is 0 Å². The van der Waals surface area contributed by atoms with Gasteiger partial charge in [-0.15, -0.1) is 0 Å². The number of hydrogen-bond donors (Lipinski definition) is 0. The lowest BCUT2D eigenvalue weighted by Gasteiger charge is -2.14. The Bertz CT molecular complexity index is 988. The molecule has 1 aliphatic rings. The molecule has 6 nitrogen and oxygen atoms in total. The molecule has 2 aromatic carbocycles. The summed E-state index contributed by atoms with van der Waals surface area (Å²) in [5.41, 5.74) is 1.74. The highest BCUT2D eigenvalue weighted by Crippen LogP contribution is 2.32. The summed E-state index contributed by atoms with van der Waals surface area (Å²) in [6.07, 6.45) is 2.02. The minimum absolute atomic E-state index is 0.260. The summed E-state index contributed by atoms with van der Waals surface area (Å²) < 4.78 is 10.9. The standard InChI is InChI=1S/C23H22ClNO5S/c1-3-15(2)30-21(26)13-25-22(27)20(31-23(25)28)12-16-6-10-19(11-7-16)29-14-17-4-8-18(24)9-5-17/h4-12,15H,3,13-14H2,1-2H3/b20-12+/t15-/m0/s1. The van der Waals surface area contributed by atoms with E-state index in [1.54, 1.807) is 49.4 Å². The molecule has 1 saturated heterocycles. The highest BCUT2D eigenvalue weighted by Gasteiger charge is 2.36. The highest BCUT2D eigenvalue weighted by molar-refractivity contribution is 8.18. The SMILES string of the molecule is CC[C@H](C)OC(=O)CN1C(=O)S/C(=C/c2ccc(OCc3ccc(Cl)cc3)cc2)C1=O. The lowest BCUT2D eigenvalue weighted by molar-refractivity contribution is -0.150. The van der Waals surface area contributed by atoms with E-state index in [2.05, 4.69) is 0 Å². The fourth-order valence-electron chi connectivity index (χ4n) is 2.67. The van der Waals surface area contributed by atoms with Gasteiger partial charge >= 0.3 is 5.97 Å². The summed E-state index contributed by atoms with van der Waals surface area (Å²) in [4.78, 5) is 37.8. The van der Waals surface area contributed by atoms with Crippen molar-refractivity contribution in [2.75, 3.05) is 6.54 Å². The van der Waals surface area contributed by atoms with Crippen molar-refractivity contribution in [1.29, 1.82) is 0 Å². The van der Waals surface area contributed by atoms with Crippen molar-refractivity contribution in [1.82, 2.24) is 4.90 Å². The predicted octanol–water partition coefficient (Wildman–Crippen LogP) is 5.30. The van der Waals surface area contributed by atoms with Crippen molar-refractivity contribution < 1.29 is 23.9 Å². The van der Waals surface area contributed by atoms with Gasteiger partial charge in [-0.2, -0.15) is 0 Å². The molecule has 1 heterocycles. The number of benzene rings is 2. The van der Waals surface area contributed by atoms with E-state index < -0.39 is 17.1 Å². The van der Waals surface area contributed by atoms with Crippen LogP contribution in [-0.4, -0.2) is 34.7 Å². The van der Waals surface area contributed by atoms with Crippen LogP contribution in [0, 0.1) is 0 Å². The largest absolute Gasteiger partial charge is 0.489 e. The first-order chi connectivity index (χ1) is 14.9. The highest BCUT2D eigenvalue weighted by atomic mass is 35.5. The first-order valence-corrected chi connectivity index (χ1v) is 11.0. The molecule has 1 atom stereocenters. The third kappa shape index (κ3) is 6.35. The van der Waals surface area contributed by atoms with Crippen LogP contribution in [0.25, 0.3) is 6.08 Å². The van der Waals surface area contributed by atoms with Gasteiger partial charge in [0.2, 0.25) is 0 Å². The Balaban J connectivity index is 1.59. The average molecular weight is 460 g/mol. The van der Waals surface area contributed by atoms with Gasteiger partial charge in [-0.05, 0) is 66.6 Å². The Labute approximate surface area is 190 Å². The van der Waals surface area contributed by atoms with Crippen molar-refractivity contribution >= 4 is 46.6 Å². The number of thioether (sulfide) groups is 1. The topological polar surface area (TPSA) is 72.9 Å². The van der Waals surface area contributed by atoms with E-state index in [-0.39, 0.29) is 17.6 Å². The lowest BCUT2D eigenvalue weighted by Crippen LogP contribution is -2.35. The third-order valence-corrected chi connectivity index (χ3v) is 5.72. The van der Waals surface area contributed by atoms with E-state index in [1.165, 1.54) is 0 Å². The zero-order valence-electron chi connectivity index (χ0n) is 17.2. The molecule has 0 spiro atoms. The summed E-state index contributed by atoms with van der Waals surface area (Å²) in [5.74, 6) is -0.424. The second kappa shape index (κ2) is 10.5. The van der Waals surface area contributed by atoms with Crippen molar-refractivity contribution in [2.45, 2.75) is 33.0 Å². The zero-order valence-corrected chi connectivity index (χ0v) is 18.7. The van der Waals surface area contributed by atoms with Crippen LogP contribution in [0.5, 0.6) is 5.75 Å². The normalized spacial score (nSPS) is 16.0. The summed E-state index contributed by atoms with van der Waals surface area (Å²) in [5, 5.41) is 0.185.